The molecule has 55 heavy (non-hydrogen) atoms. The molecule has 1 aromatic rings. The molecule has 9 nitrogen and oxygen atoms in total. The van der Waals surface area contributed by atoms with Gasteiger partial charge in [-0.1, -0.05) is 136 Å². The van der Waals surface area contributed by atoms with E-state index in [4.69, 9.17) is 18.4 Å². The third-order valence-electron chi connectivity index (χ3n) is 10.7. The van der Waals surface area contributed by atoms with E-state index < -0.39 is 23.2 Å². The largest absolute Gasteiger partial charge is 0.750 e. The van der Waals surface area contributed by atoms with Crippen molar-refractivity contribution >= 4 is 34.0 Å². The number of rotatable bonds is 29. The zero-order valence-electron chi connectivity index (χ0n) is 34.9. The summed E-state index contributed by atoms with van der Waals surface area (Å²) in [6.45, 7) is 13.9. The number of aryl methyl sites for hydroxylation is 1. The SMILES string of the molecule is CCCCCCCCCCCCCCCCCCC(Cc1c2ccc(=[N+](CCCC)CCCC)cc-2oc2cc(NCC)c(C)cc12)C(=O)[O-].O=S([O-])O[O-]. The van der Waals surface area contributed by atoms with Gasteiger partial charge in [0.2, 0.25) is 5.36 Å². The van der Waals surface area contributed by atoms with Crippen LogP contribution in [0.2, 0.25) is 0 Å². The summed E-state index contributed by atoms with van der Waals surface area (Å²) in [5.74, 6) is -0.626. The molecule has 10 heteroatoms. The Labute approximate surface area is 335 Å². The minimum absolute atomic E-state index is 0.457. The van der Waals surface area contributed by atoms with Crippen LogP contribution in [0.3, 0.4) is 0 Å². The number of benzene rings is 2. The van der Waals surface area contributed by atoms with Crippen LogP contribution in [-0.4, -0.2) is 34.4 Å². The Balaban J connectivity index is 0.00000196. The van der Waals surface area contributed by atoms with Crippen molar-refractivity contribution in [3.8, 4) is 11.3 Å². The fourth-order valence-electron chi connectivity index (χ4n) is 7.47. The summed E-state index contributed by atoms with van der Waals surface area (Å²) < 4.78 is 29.2. The average molecular weight is 785 g/mol. The predicted octanol–water partition coefficient (Wildman–Crippen LogP) is 9.28. The summed E-state index contributed by atoms with van der Waals surface area (Å²) >= 11 is -2.88. The topological polar surface area (TPSA) is 141 Å². The Hall–Kier alpha value is -2.79. The van der Waals surface area contributed by atoms with Gasteiger partial charge < -0.3 is 33.8 Å². The van der Waals surface area contributed by atoms with Crippen molar-refractivity contribution in [2.75, 3.05) is 25.0 Å². The van der Waals surface area contributed by atoms with E-state index in [1.807, 2.05) is 0 Å². The van der Waals surface area contributed by atoms with Crippen molar-refractivity contribution in [3.05, 3.63) is 46.8 Å². The summed E-state index contributed by atoms with van der Waals surface area (Å²) in [5, 5.41) is 26.7. The monoisotopic (exact) mass is 785 g/mol. The second kappa shape index (κ2) is 29.5. The quantitative estimate of drug-likeness (QED) is 0.0183. The molecule has 0 bridgehead atoms. The number of anilines is 1. The normalized spacial score (nSPS) is 12.4. The first-order valence-corrected chi connectivity index (χ1v) is 22.6. The Kier molecular flexibility index (Phi) is 25.9. The Bertz CT molecular complexity index is 1550. The van der Waals surface area contributed by atoms with E-state index in [1.54, 1.807) is 0 Å². The van der Waals surface area contributed by atoms with E-state index in [1.165, 1.54) is 95.2 Å². The van der Waals surface area contributed by atoms with Crippen molar-refractivity contribution in [2.24, 2.45) is 5.92 Å². The molecule has 312 valence electrons. The highest BCUT2D eigenvalue weighted by Gasteiger charge is 2.22. The molecule has 1 N–H and O–H groups in total. The minimum atomic E-state index is -2.88. The highest BCUT2D eigenvalue weighted by Crippen LogP contribution is 2.37. The Morgan fingerprint density at radius 2 is 1.29 bits per heavy atom. The van der Waals surface area contributed by atoms with Gasteiger partial charge in [0.25, 0.3) is 0 Å². The van der Waals surface area contributed by atoms with Gasteiger partial charge in [-0.25, -0.2) is 8.78 Å². The molecule has 0 radical (unpaired) electrons. The van der Waals surface area contributed by atoms with Gasteiger partial charge in [0.15, 0.2) is 0 Å². The van der Waals surface area contributed by atoms with Crippen LogP contribution in [0.25, 0.3) is 22.3 Å². The van der Waals surface area contributed by atoms with Crippen LogP contribution in [0, 0.1) is 12.8 Å². The molecule has 0 amide bonds. The molecule has 2 unspecified atom stereocenters. The standard InChI is InChI=1S/C45H72N2O3.H2O4S/c1-6-10-13-14-15-16-17-18-19-20-21-22-23-24-25-26-27-37(45(48)49)33-40-39-29-28-38(47(30-11-7-2)31-12-8-3)34-43(39)50-44-35-42(46-9-4)36(5)32-41(40)44;1-4-5(2)3/h28-29,32,34-35,37H,6-27,30-31,33H2,1-5H3,(H,48,49);1H,(H,2,3)/p-2. The van der Waals surface area contributed by atoms with E-state index in [2.05, 4.69) is 79.2 Å². The van der Waals surface area contributed by atoms with Gasteiger partial charge in [-0.3, -0.25) is 0 Å². The van der Waals surface area contributed by atoms with Crippen LogP contribution in [0.1, 0.15) is 174 Å². The molecule has 1 aromatic carbocycles. The summed E-state index contributed by atoms with van der Waals surface area (Å²) in [7, 11) is 0. The van der Waals surface area contributed by atoms with Gasteiger partial charge in [0, 0.05) is 60.0 Å². The summed E-state index contributed by atoms with van der Waals surface area (Å²) in [6.07, 6.45) is 26.8. The molecular formula is C45H72N2O7S-2. The van der Waals surface area contributed by atoms with Gasteiger partial charge in [-0.05, 0) is 49.9 Å². The molecule has 2 atom stereocenters. The summed E-state index contributed by atoms with van der Waals surface area (Å²) in [6, 6.07) is 10.8. The zero-order chi connectivity index (χ0) is 40.3. The number of unbranched alkanes of at least 4 members (excludes halogenated alkanes) is 17. The van der Waals surface area contributed by atoms with Gasteiger partial charge in [0.1, 0.15) is 24.4 Å². The molecule has 1 heterocycles. The number of carbonyl (C=O) groups excluding carboxylic acids is 1. The van der Waals surface area contributed by atoms with Crippen molar-refractivity contribution in [2.45, 2.75) is 176 Å². The number of nitrogens with zero attached hydrogens (tertiary/aromatic N) is 1. The molecule has 3 rings (SSSR count). The fourth-order valence-corrected chi connectivity index (χ4v) is 7.47. The first kappa shape index (κ1) is 48.4. The lowest BCUT2D eigenvalue weighted by molar-refractivity contribution is -0.635. The molecule has 0 spiro atoms. The molecule has 1 aliphatic heterocycles. The van der Waals surface area contributed by atoms with Crippen molar-refractivity contribution in [1.82, 2.24) is 4.58 Å². The van der Waals surface area contributed by atoms with Crippen LogP contribution < -0.4 is 25.6 Å². The molecule has 1 aliphatic carbocycles. The number of nitrogens with one attached hydrogen (secondary N) is 1. The third kappa shape index (κ3) is 18.8. The molecule has 0 saturated carbocycles. The number of hydrogen-bond donors (Lipinski definition) is 1. The van der Waals surface area contributed by atoms with E-state index in [0.717, 1.165) is 97.3 Å². The second-order valence-electron chi connectivity index (χ2n) is 15.2. The van der Waals surface area contributed by atoms with Gasteiger partial charge in [-0.15, -0.1) is 0 Å². The second-order valence-corrected chi connectivity index (χ2v) is 15.8. The number of carbonyl (C=O) groups is 1. The maximum atomic E-state index is 12.6. The van der Waals surface area contributed by atoms with Crippen molar-refractivity contribution < 1.29 is 32.7 Å². The molecule has 2 aliphatic rings. The molecular weight excluding hydrogens is 713 g/mol. The van der Waals surface area contributed by atoms with Crippen LogP contribution in [0.5, 0.6) is 0 Å². The first-order valence-electron chi connectivity index (χ1n) is 21.6. The third-order valence-corrected chi connectivity index (χ3v) is 10.8. The van der Waals surface area contributed by atoms with Gasteiger partial charge in [-0.2, -0.15) is 0 Å². The van der Waals surface area contributed by atoms with Crippen LogP contribution in [0.15, 0.2) is 34.7 Å². The van der Waals surface area contributed by atoms with E-state index in [0.29, 0.717) is 12.8 Å². The van der Waals surface area contributed by atoms with E-state index >= 15 is 0 Å². The number of aliphatic carboxylic acids is 1. The van der Waals surface area contributed by atoms with E-state index in [9.17, 15) is 9.90 Å². The van der Waals surface area contributed by atoms with Crippen LogP contribution >= 0.6 is 0 Å². The zero-order valence-corrected chi connectivity index (χ0v) is 35.7. The number of hydrogen-bond acceptors (Lipinski definition) is 8. The molecule has 0 saturated heterocycles. The lowest BCUT2D eigenvalue weighted by Gasteiger charge is -2.22. The average Bonchev–Trinajstić information content (AvgIpc) is 3.17. The Morgan fingerprint density at radius 1 is 0.782 bits per heavy atom. The summed E-state index contributed by atoms with van der Waals surface area (Å²) in [5.41, 5.74) is 5.08. The van der Waals surface area contributed by atoms with Gasteiger partial charge >= 0.3 is 0 Å². The fraction of sp³-hybridized carbons (Fsp3) is 0.689. The van der Waals surface area contributed by atoms with Crippen molar-refractivity contribution in [1.29, 1.82) is 0 Å². The maximum absolute atomic E-state index is 12.6. The highest BCUT2D eigenvalue weighted by molar-refractivity contribution is 7.73. The number of carboxylic acid groups (broad SMARTS) is 1. The van der Waals surface area contributed by atoms with Gasteiger partial charge in [0.05, 0.1) is 17.4 Å². The van der Waals surface area contributed by atoms with Crippen molar-refractivity contribution in [3.63, 3.8) is 0 Å². The smallest absolute Gasteiger partial charge is 0.203 e. The number of carboxylic acids is 1. The lowest BCUT2D eigenvalue weighted by Crippen LogP contribution is -2.33. The lowest BCUT2D eigenvalue weighted by atomic mass is 9.88. The van der Waals surface area contributed by atoms with Crippen LogP contribution in [0.4, 0.5) is 5.69 Å². The molecule has 0 fully saturated rings. The maximum Gasteiger partial charge on any atom is 0.203 e. The van der Waals surface area contributed by atoms with E-state index in [-0.39, 0.29) is 0 Å². The summed E-state index contributed by atoms with van der Waals surface area (Å²) in [4.78, 5) is 12.6. The highest BCUT2D eigenvalue weighted by atomic mass is 32.2. The predicted molar refractivity (Wildman–Crippen MR) is 223 cm³/mol. The molecule has 0 aromatic heterocycles. The Morgan fingerprint density at radius 3 is 1.76 bits per heavy atom. The van der Waals surface area contributed by atoms with Crippen LogP contribution in [-0.2, 0) is 26.9 Å². The number of fused-ring (bicyclic) bond motifs is 2. The minimum Gasteiger partial charge on any atom is -0.750 e. The first-order chi connectivity index (χ1) is 26.7.